The van der Waals surface area contributed by atoms with Gasteiger partial charge in [0.2, 0.25) is 11.8 Å². The molecule has 0 amide bonds. The Hall–Kier alpha value is -2.05. The van der Waals surface area contributed by atoms with Crippen molar-refractivity contribution in [1.29, 1.82) is 0 Å². The van der Waals surface area contributed by atoms with Gasteiger partial charge in [0.1, 0.15) is 0 Å². The van der Waals surface area contributed by atoms with Gasteiger partial charge < -0.3 is 9.15 Å². The third-order valence-corrected chi connectivity index (χ3v) is 4.02. The molecule has 0 saturated carbocycles. The molecule has 0 aliphatic carbocycles. The van der Waals surface area contributed by atoms with Gasteiger partial charge in [-0.15, -0.1) is 10.2 Å². The number of nitrogens with zero attached hydrogens (tertiary/aromatic N) is 3. The first-order valence-corrected chi connectivity index (χ1v) is 7.97. The van der Waals surface area contributed by atoms with E-state index in [9.17, 15) is 4.79 Å². The number of carbonyl (C=O) groups is 1. The molecule has 1 aromatic carbocycles. The van der Waals surface area contributed by atoms with Crippen molar-refractivity contribution in [2.45, 2.75) is 32.4 Å². The molecule has 0 spiro atoms. The van der Waals surface area contributed by atoms with E-state index in [1.807, 2.05) is 37.3 Å². The van der Waals surface area contributed by atoms with Crippen LogP contribution in [0, 0.1) is 0 Å². The summed E-state index contributed by atoms with van der Waals surface area (Å²) in [7, 11) is 0. The summed E-state index contributed by atoms with van der Waals surface area (Å²) in [5.41, 5.74) is 0.740. The van der Waals surface area contributed by atoms with Crippen molar-refractivity contribution in [3.63, 3.8) is 0 Å². The van der Waals surface area contributed by atoms with E-state index in [0.29, 0.717) is 38.0 Å². The predicted molar refractivity (Wildman–Crippen MR) is 84.1 cm³/mol. The highest BCUT2D eigenvalue weighted by Gasteiger charge is 2.27. The molecule has 0 radical (unpaired) electrons. The molecule has 1 atom stereocenters. The number of hydrogen-bond donors (Lipinski definition) is 0. The zero-order valence-electron chi connectivity index (χ0n) is 13.3. The molecule has 0 unspecified atom stereocenters. The highest BCUT2D eigenvalue weighted by Crippen LogP contribution is 2.17. The molecule has 23 heavy (non-hydrogen) atoms. The third-order valence-electron chi connectivity index (χ3n) is 4.02. The van der Waals surface area contributed by atoms with Crippen molar-refractivity contribution < 1.29 is 13.9 Å². The van der Waals surface area contributed by atoms with Gasteiger partial charge in [0.05, 0.1) is 19.8 Å². The second-order valence-electron chi connectivity index (χ2n) is 5.64. The van der Waals surface area contributed by atoms with E-state index in [1.54, 1.807) is 0 Å². The Balaban J connectivity index is 1.65. The summed E-state index contributed by atoms with van der Waals surface area (Å²) in [6.45, 7) is 4.51. The summed E-state index contributed by atoms with van der Waals surface area (Å²) in [6.07, 6.45) is 1.16. The molecule has 6 heteroatoms. The van der Waals surface area contributed by atoms with E-state index in [-0.39, 0.29) is 11.8 Å². The lowest BCUT2D eigenvalue weighted by atomic mass is 10.0. The standard InChI is InChI=1S/C17H21N3O3/c1-2-16-18-19-17(23-16)11-20-8-9-22-12-14(20)10-15(21)13-6-4-3-5-7-13/h3-7,14H,2,8-12H2,1H3/t14-/m0/s1. The van der Waals surface area contributed by atoms with Crippen LogP contribution in [0.15, 0.2) is 34.7 Å². The molecule has 1 aliphatic heterocycles. The van der Waals surface area contributed by atoms with Crippen molar-refractivity contribution in [2.24, 2.45) is 0 Å². The Morgan fingerprint density at radius 2 is 2.04 bits per heavy atom. The first-order valence-electron chi connectivity index (χ1n) is 7.97. The number of ketones is 1. The van der Waals surface area contributed by atoms with Crippen LogP contribution < -0.4 is 0 Å². The minimum Gasteiger partial charge on any atom is -0.424 e. The van der Waals surface area contributed by atoms with Gasteiger partial charge in [0.25, 0.3) is 0 Å². The van der Waals surface area contributed by atoms with E-state index in [2.05, 4.69) is 15.1 Å². The number of aryl methyl sites for hydroxylation is 1. The lowest BCUT2D eigenvalue weighted by Crippen LogP contribution is -2.46. The number of hydrogen-bond acceptors (Lipinski definition) is 6. The monoisotopic (exact) mass is 315 g/mol. The molecule has 2 aromatic rings. The van der Waals surface area contributed by atoms with E-state index in [4.69, 9.17) is 9.15 Å². The number of carbonyl (C=O) groups excluding carboxylic acids is 1. The molecule has 1 aromatic heterocycles. The van der Waals surface area contributed by atoms with Gasteiger partial charge in [-0.3, -0.25) is 9.69 Å². The third kappa shape index (κ3) is 4.03. The van der Waals surface area contributed by atoms with Gasteiger partial charge in [-0.25, -0.2) is 0 Å². The number of aromatic nitrogens is 2. The smallest absolute Gasteiger partial charge is 0.230 e. The molecule has 3 rings (SSSR count). The fourth-order valence-electron chi connectivity index (χ4n) is 2.71. The maximum atomic E-state index is 12.4. The average Bonchev–Trinajstić information content (AvgIpc) is 3.05. The molecule has 1 fully saturated rings. The number of benzene rings is 1. The van der Waals surface area contributed by atoms with Gasteiger partial charge in [0, 0.05) is 31.0 Å². The molecular formula is C17H21N3O3. The lowest BCUT2D eigenvalue weighted by Gasteiger charge is -2.34. The van der Waals surface area contributed by atoms with Gasteiger partial charge in [-0.1, -0.05) is 37.3 Å². The normalized spacial score (nSPS) is 18.9. The molecular weight excluding hydrogens is 294 g/mol. The van der Waals surface area contributed by atoms with Gasteiger partial charge in [0.15, 0.2) is 5.78 Å². The van der Waals surface area contributed by atoms with E-state index >= 15 is 0 Å². The second-order valence-corrected chi connectivity index (χ2v) is 5.64. The SMILES string of the molecule is CCc1nnc(CN2CCOC[C@@H]2CC(=O)c2ccccc2)o1. The van der Waals surface area contributed by atoms with Crippen molar-refractivity contribution in [2.75, 3.05) is 19.8 Å². The van der Waals surface area contributed by atoms with Crippen molar-refractivity contribution in [1.82, 2.24) is 15.1 Å². The number of morpholine rings is 1. The van der Waals surface area contributed by atoms with Crippen LogP contribution in [0.5, 0.6) is 0 Å². The zero-order chi connectivity index (χ0) is 16.1. The maximum Gasteiger partial charge on any atom is 0.230 e. The first-order chi connectivity index (χ1) is 11.3. The molecule has 122 valence electrons. The van der Waals surface area contributed by atoms with Crippen molar-refractivity contribution in [3.8, 4) is 0 Å². The highest BCUT2D eigenvalue weighted by atomic mass is 16.5. The van der Waals surface area contributed by atoms with Crippen molar-refractivity contribution in [3.05, 3.63) is 47.7 Å². The first kappa shape index (κ1) is 15.8. The Labute approximate surface area is 135 Å². The van der Waals surface area contributed by atoms with Crippen LogP contribution in [-0.4, -0.2) is 46.7 Å². The largest absolute Gasteiger partial charge is 0.424 e. The van der Waals surface area contributed by atoms with Crippen LogP contribution in [0.1, 0.15) is 35.5 Å². The average molecular weight is 315 g/mol. The van der Waals surface area contributed by atoms with E-state index < -0.39 is 0 Å². The number of Topliss-reactive ketones (excluding diaryl/α,β-unsaturated/α-hetero) is 1. The lowest BCUT2D eigenvalue weighted by molar-refractivity contribution is -0.0160. The Kier molecular flexibility index (Phi) is 5.15. The molecule has 0 bridgehead atoms. The molecule has 0 N–H and O–H groups in total. The zero-order valence-corrected chi connectivity index (χ0v) is 13.3. The summed E-state index contributed by atoms with van der Waals surface area (Å²) in [4.78, 5) is 14.6. The quantitative estimate of drug-likeness (QED) is 0.761. The summed E-state index contributed by atoms with van der Waals surface area (Å²) < 4.78 is 11.1. The van der Waals surface area contributed by atoms with Crippen LogP contribution in [0.2, 0.25) is 0 Å². The number of rotatable bonds is 6. The predicted octanol–water partition coefficient (Wildman–Crippen LogP) is 2.11. The van der Waals surface area contributed by atoms with Gasteiger partial charge in [-0.2, -0.15) is 0 Å². The maximum absolute atomic E-state index is 12.4. The van der Waals surface area contributed by atoms with Gasteiger partial charge >= 0.3 is 0 Å². The highest BCUT2D eigenvalue weighted by molar-refractivity contribution is 5.96. The summed E-state index contributed by atoms with van der Waals surface area (Å²) >= 11 is 0. The Morgan fingerprint density at radius 3 is 2.78 bits per heavy atom. The Morgan fingerprint density at radius 1 is 1.26 bits per heavy atom. The second kappa shape index (κ2) is 7.48. The van der Waals surface area contributed by atoms with Crippen LogP contribution in [0.4, 0.5) is 0 Å². The van der Waals surface area contributed by atoms with Crippen LogP contribution in [0.25, 0.3) is 0 Å². The molecule has 6 nitrogen and oxygen atoms in total. The minimum absolute atomic E-state index is 0.0356. The number of ether oxygens (including phenoxy) is 1. The fourth-order valence-corrected chi connectivity index (χ4v) is 2.71. The fraction of sp³-hybridized carbons (Fsp3) is 0.471. The van der Waals surface area contributed by atoms with Crippen LogP contribution >= 0.6 is 0 Å². The topological polar surface area (TPSA) is 68.5 Å². The van der Waals surface area contributed by atoms with Crippen LogP contribution in [-0.2, 0) is 17.7 Å². The van der Waals surface area contributed by atoms with E-state index in [1.165, 1.54) is 0 Å². The minimum atomic E-state index is 0.0356. The Bertz CT molecular complexity index is 642. The molecule has 2 heterocycles. The molecule has 1 aliphatic rings. The summed E-state index contributed by atoms with van der Waals surface area (Å²) in [5.74, 6) is 1.37. The van der Waals surface area contributed by atoms with E-state index in [0.717, 1.165) is 18.5 Å². The van der Waals surface area contributed by atoms with Gasteiger partial charge in [-0.05, 0) is 0 Å². The van der Waals surface area contributed by atoms with Crippen LogP contribution in [0.3, 0.4) is 0 Å². The summed E-state index contributed by atoms with van der Waals surface area (Å²) in [6, 6.07) is 9.41. The van der Waals surface area contributed by atoms with Crippen molar-refractivity contribution >= 4 is 5.78 Å². The summed E-state index contributed by atoms with van der Waals surface area (Å²) in [5, 5.41) is 8.06. The molecule has 1 saturated heterocycles.